The van der Waals surface area contributed by atoms with Crippen molar-refractivity contribution >= 4 is 17.8 Å². The first-order valence-corrected chi connectivity index (χ1v) is 10.7. The minimum atomic E-state index is -0.445. The molecule has 2 aromatic rings. The highest BCUT2D eigenvalue weighted by atomic mass is 16.5. The average Bonchev–Trinajstić information content (AvgIpc) is 3.07. The minimum Gasteiger partial charge on any atom is -0.465 e. The van der Waals surface area contributed by atoms with Crippen LogP contribution < -0.4 is 5.32 Å². The van der Waals surface area contributed by atoms with Crippen molar-refractivity contribution in [2.75, 3.05) is 20.2 Å². The minimum absolute atomic E-state index is 0.0292. The maximum Gasteiger partial charge on any atom is 0.339 e. The van der Waals surface area contributed by atoms with Gasteiger partial charge in [0.15, 0.2) is 0 Å². The molecule has 0 saturated carbocycles. The van der Waals surface area contributed by atoms with E-state index in [1.54, 1.807) is 18.7 Å². The summed E-state index contributed by atoms with van der Waals surface area (Å²) in [6, 6.07) is 9.87. The van der Waals surface area contributed by atoms with E-state index in [0.717, 1.165) is 18.4 Å². The predicted octanol–water partition coefficient (Wildman–Crippen LogP) is 3.54. The molecule has 0 spiro atoms. The number of hydrogen-bond donors (Lipinski definition) is 2. The van der Waals surface area contributed by atoms with E-state index in [9.17, 15) is 14.4 Å². The smallest absolute Gasteiger partial charge is 0.339 e. The maximum atomic E-state index is 13.0. The number of methoxy groups -OCH3 is 1. The Morgan fingerprint density at radius 2 is 1.81 bits per heavy atom. The van der Waals surface area contributed by atoms with Gasteiger partial charge >= 0.3 is 5.97 Å². The van der Waals surface area contributed by atoms with Crippen LogP contribution in [0.1, 0.15) is 69.9 Å². The molecule has 166 valence electrons. The van der Waals surface area contributed by atoms with Gasteiger partial charge in [-0.3, -0.25) is 9.59 Å². The number of esters is 1. The maximum absolute atomic E-state index is 13.0. The molecule has 1 aliphatic heterocycles. The standard InChI is InChI=1S/C24H31N3O4/c1-15-21(24(30)31-4)17(3)26-22(15)23(29)27-12-10-18(11-13-27)14-20(28)25-16(2)19-8-6-5-7-9-19/h5-9,16,18,26H,10-14H2,1-4H3,(H,25,28)/t16-/m1/s1. The number of nitrogens with zero attached hydrogens (tertiary/aromatic N) is 1. The summed E-state index contributed by atoms with van der Waals surface area (Å²) in [6.07, 6.45) is 2.02. The molecule has 7 nitrogen and oxygen atoms in total. The Bertz CT molecular complexity index is 943. The summed E-state index contributed by atoms with van der Waals surface area (Å²) < 4.78 is 4.82. The van der Waals surface area contributed by atoms with E-state index in [1.807, 2.05) is 37.3 Å². The molecule has 0 aliphatic carbocycles. The van der Waals surface area contributed by atoms with Crippen LogP contribution in [0, 0.1) is 19.8 Å². The number of hydrogen-bond acceptors (Lipinski definition) is 4. The van der Waals surface area contributed by atoms with Gasteiger partial charge in [-0.1, -0.05) is 30.3 Å². The van der Waals surface area contributed by atoms with Crippen molar-refractivity contribution in [3.63, 3.8) is 0 Å². The molecule has 1 aromatic heterocycles. The lowest BCUT2D eigenvalue weighted by Gasteiger charge is -2.32. The second-order valence-corrected chi connectivity index (χ2v) is 8.26. The topological polar surface area (TPSA) is 91.5 Å². The number of aromatic nitrogens is 1. The van der Waals surface area contributed by atoms with Crippen LogP contribution in [-0.4, -0.2) is 47.9 Å². The SMILES string of the molecule is COC(=O)c1c(C)[nH]c(C(=O)N2CCC(CC(=O)N[C@H](C)c3ccccc3)CC2)c1C. The normalized spacial score (nSPS) is 15.4. The molecule has 2 amide bonds. The van der Waals surface area contributed by atoms with Gasteiger partial charge < -0.3 is 19.9 Å². The molecule has 31 heavy (non-hydrogen) atoms. The van der Waals surface area contributed by atoms with E-state index in [1.165, 1.54) is 7.11 Å². The van der Waals surface area contributed by atoms with Crippen LogP contribution in [0.4, 0.5) is 0 Å². The lowest BCUT2D eigenvalue weighted by Crippen LogP contribution is -2.40. The zero-order valence-electron chi connectivity index (χ0n) is 18.7. The van der Waals surface area contributed by atoms with Gasteiger partial charge in [-0.05, 0) is 50.7 Å². The third-order valence-electron chi connectivity index (χ3n) is 6.09. The summed E-state index contributed by atoms with van der Waals surface area (Å²) in [4.78, 5) is 42.3. The van der Waals surface area contributed by atoms with Crippen LogP contribution >= 0.6 is 0 Å². The molecule has 3 rings (SSSR count). The molecule has 0 bridgehead atoms. The molecule has 0 unspecified atom stereocenters. The predicted molar refractivity (Wildman–Crippen MR) is 118 cm³/mol. The number of amides is 2. The Balaban J connectivity index is 1.53. The van der Waals surface area contributed by atoms with Crippen molar-refractivity contribution in [2.24, 2.45) is 5.92 Å². The highest BCUT2D eigenvalue weighted by Gasteiger charge is 2.29. The highest BCUT2D eigenvalue weighted by molar-refractivity contribution is 6.00. The molecular weight excluding hydrogens is 394 g/mol. The van der Waals surface area contributed by atoms with Gasteiger partial charge in [0.05, 0.1) is 18.7 Å². The molecule has 1 aliphatic rings. The Morgan fingerprint density at radius 3 is 2.42 bits per heavy atom. The van der Waals surface area contributed by atoms with Crippen molar-refractivity contribution in [3.8, 4) is 0 Å². The third-order valence-corrected chi connectivity index (χ3v) is 6.09. The summed E-state index contributed by atoms with van der Waals surface area (Å²) >= 11 is 0. The first kappa shape index (κ1) is 22.6. The van der Waals surface area contributed by atoms with E-state index >= 15 is 0 Å². The van der Waals surface area contributed by atoms with E-state index < -0.39 is 5.97 Å². The lowest BCUT2D eigenvalue weighted by molar-refractivity contribution is -0.122. The van der Waals surface area contributed by atoms with Gasteiger partial charge in [0.2, 0.25) is 5.91 Å². The zero-order valence-corrected chi connectivity index (χ0v) is 18.7. The summed E-state index contributed by atoms with van der Waals surface area (Å²) in [5.41, 5.74) is 3.19. The van der Waals surface area contributed by atoms with Crippen LogP contribution in [0.3, 0.4) is 0 Å². The van der Waals surface area contributed by atoms with Gasteiger partial charge in [0.25, 0.3) is 5.91 Å². The van der Waals surface area contributed by atoms with Crippen molar-refractivity contribution in [1.29, 1.82) is 0 Å². The summed E-state index contributed by atoms with van der Waals surface area (Å²) in [5, 5.41) is 3.07. The molecule has 1 saturated heterocycles. The van der Waals surface area contributed by atoms with Crippen molar-refractivity contribution in [1.82, 2.24) is 15.2 Å². The number of nitrogens with one attached hydrogen (secondary N) is 2. The number of H-pyrrole nitrogens is 1. The molecule has 7 heteroatoms. The van der Waals surface area contributed by atoms with E-state index in [2.05, 4.69) is 10.3 Å². The second kappa shape index (κ2) is 9.81. The Morgan fingerprint density at radius 1 is 1.16 bits per heavy atom. The van der Waals surface area contributed by atoms with E-state index in [0.29, 0.717) is 42.0 Å². The fraction of sp³-hybridized carbons (Fsp3) is 0.458. The van der Waals surface area contributed by atoms with Crippen molar-refractivity contribution in [2.45, 2.75) is 46.1 Å². The Hall–Kier alpha value is -3.09. The molecule has 1 fully saturated rings. The zero-order chi connectivity index (χ0) is 22.5. The third kappa shape index (κ3) is 5.16. The fourth-order valence-electron chi connectivity index (χ4n) is 4.26. The molecule has 1 aromatic carbocycles. The quantitative estimate of drug-likeness (QED) is 0.693. The number of aryl methyl sites for hydroxylation is 1. The summed E-state index contributed by atoms with van der Waals surface area (Å²) in [7, 11) is 1.33. The highest BCUT2D eigenvalue weighted by Crippen LogP contribution is 2.25. The molecule has 0 radical (unpaired) electrons. The van der Waals surface area contributed by atoms with Crippen LogP contribution in [-0.2, 0) is 9.53 Å². The van der Waals surface area contributed by atoms with Crippen molar-refractivity contribution in [3.05, 3.63) is 58.4 Å². The number of benzene rings is 1. The number of aromatic amines is 1. The Kier molecular flexibility index (Phi) is 7.15. The first-order chi connectivity index (χ1) is 14.8. The number of carbonyl (C=O) groups excluding carboxylic acids is 3. The molecule has 1 atom stereocenters. The van der Waals surface area contributed by atoms with E-state index in [-0.39, 0.29) is 23.8 Å². The monoisotopic (exact) mass is 425 g/mol. The second-order valence-electron chi connectivity index (χ2n) is 8.26. The van der Waals surface area contributed by atoms with Gasteiger partial charge in [-0.25, -0.2) is 4.79 Å². The molecular formula is C24H31N3O4. The van der Waals surface area contributed by atoms with Crippen LogP contribution in [0.5, 0.6) is 0 Å². The van der Waals surface area contributed by atoms with Gasteiger partial charge in [0.1, 0.15) is 5.69 Å². The van der Waals surface area contributed by atoms with Gasteiger partial charge in [-0.15, -0.1) is 0 Å². The van der Waals surface area contributed by atoms with Crippen LogP contribution in [0.2, 0.25) is 0 Å². The van der Waals surface area contributed by atoms with Gasteiger partial charge in [0, 0.05) is 25.2 Å². The number of piperidine rings is 1. The first-order valence-electron chi connectivity index (χ1n) is 10.7. The number of carbonyl (C=O) groups is 3. The lowest BCUT2D eigenvalue weighted by atomic mass is 9.92. The largest absolute Gasteiger partial charge is 0.465 e. The Labute approximate surface area is 183 Å². The number of likely N-dealkylation sites (tertiary alicyclic amines) is 1. The fourth-order valence-corrected chi connectivity index (χ4v) is 4.26. The van der Waals surface area contributed by atoms with Gasteiger partial charge in [-0.2, -0.15) is 0 Å². The number of rotatable bonds is 6. The van der Waals surface area contributed by atoms with Crippen LogP contribution in [0.25, 0.3) is 0 Å². The summed E-state index contributed by atoms with van der Waals surface area (Å²) in [5.74, 6) is -0.264. The summed E-state index contributed by atoms with van der Waals surface area (Å²) in [6.45, 7) is 6.69. The molecule has 2 heterocycles. The average molecular weight is 426 g/mol. The van der Waals surface area contributed by atoms with Crippen LogP contribution in [0.15, 0.2) is 30.3 Å². The molecule has 2 N–H and O–H groups in total. The van der Waals surface area contributed by atoms with Crippen molar-refractivity contribution < 1.29 is 19.1 Å². The van der Waals surface area contributed by atoms with E-state index in [4.69, 9.17) is 4.74 Å². The number of ether oxygens (including phenoxy) is 1.